The van der Waals surface area contributed by atoms with Crippen LogP contribution in [-0.4, -0.2) is 6.85 Å². The van der Waals surface area contributed by atoms with E-state index >= 15 is 0 Å². The van der Waals surface area contributed by atoms with Gasteiger partial charge in [0, 0.05) is 45.2 Å². The highest BCUT2D eigenvalue weighted by Gasteiger charge is 2.48. The van der Waals surface area contributed by atoms with E-state index < -0.39 is 0 Å². The molecule has 62 heavy (non-hydrogen) atoms. The van der Waals surface area contributed by atoms with Crippen molar-refractivity contribution < 1.29 is 13.9 Å². The Labute approximate surface area is 360 Å². The first-order chi connectivity index (χ1) is 30.4. The van der Waals surface area contributed by atoms with Gasteiger partial charge in [0.25, 0.3) is 0 Å². The van der Waals surface area contributed by atoms with E-state index in [9.17, 15) is 0 Å². The molecule has 3 aliphatic rings. The Hall–Kier alpha value is -7.70. The number of para-hydroxylation sites is 3. The smallest absolute Gasteiger partial charge is 0.333 e. The van der Waals surface area contributed by atoms with Crippen molar-refractivity contribution in [3.63, 3.8) is 0 Å². The highest BCUT2D eigenvalue weighted by atomic mass is 16.6. The fraction of sp³-hybridized carbons (Fsp3) is 0.0714. The molecule has 0 unspecified atom stereocenters. The second-order valence-electron chi connectivity index (χ2n) is 17.7. The Morgan fingerprint density at radius 3 is 1.89 bits per heavy atom. The monoisotopic (exact) mass is 798 g/mol. The zero-order chi connectivity index (χ0) is 41.3. The molecule has 9 aromatic carbocycles. The summed E-state index contributed by atoms with van der Waals surface area (Å²) in [6.45, 7) is 6.56. The summed E-state index contributed by atoms with van der Waals surface area (Å²) < 4.78 is 20.4. The van der Waals surface area contributed by atoms with Crippen LogP contribution in [0.2, 0.25) is 0 Å². The minimum atomic E-state index is -0.266. The van der Waals surface area contributed by atoms with Gasteiger partial charge in [-0.25, -0.2) is 0 Å². The molecule has 294 valence electrons. The maximum absolute atomic E-state index is 6.87. The van der Waals surface area contributed by atoms with Gasteiger partial charge in [0.2, 0.25) is 0 Å². The summed E-state index contributed by atoms with van der Waals surface area (Å²) in [5.41, 5.74) is 15.4. The molecule has 0 bridgehead atoms. The Balaban J connectivity index is 1.17. The molecule has 3 aliphatic heterocycles. The van der Waals surface area contributed by atoms with E-state index in [1.807, 2.05) is 24.3 Å². The van der Waals surface area contributed by atoms with Crippen molar-refractivity contribution in [2.45, 2.75) is 26.2 Å². The van der Waals surface area contributed by atoms with E-state index in [0.717, 1.165) is 72.5 Å². The molecule has 0 aliphatic carbocycles. The highest BCUT2D eigenvalue weighted by Crippen LogP contribution is 2.55. The number of benzene rings is 9. The summed E-state index contributed by atoms with van der Waals surface area (Å²) in [5.74, 6) is 2.75. The number of fused-ring (bicyclic) bond motifs is 12. The van der Waals surface area contributed by atoms with Crippen molar-refractivity contribution in [3.8, 4) is 45.3 Å². The lowest BCUT2D eigenvalue weighted by Gasteiger charge is -2.46. The maximum Gasteiger partial charge on any atom is 0.333 e. The third-order valence-electron chi connectivity index (χ3n) is 13.0. The predicted molar refractivity (Wildman–Crippen MR) is 256 cm³/mol. The second kappa shape index (κ2) is 12.9. The first-order valence-corrected chi connectivity index (χ1v) is 21.4. The molecule has 1 aromatic heterocycles. The summed E-state index contributed by atoms with van der Waals surface area (Å²) in [5, 5.41) is 4.53. The zero-order valence-electron chi connectivity index (χ0n) is 34.5. The fourth-order valence-corrected chi connectivity index (χ4v) is 10.1. The SMILES string of the molecule is CC(C)(C)c1ccc(N2B3c4cc5c(cc4N(c4ccc(-c6ccccc6)cc4)c4c3c(cc3oc6ccccc6c43)-c3ccc4ccccc4c32)Oc2ccccc2O5)cc1. The fourth-order valence-electron chi connectivity index (χ4n) is 10.1. The Kier molecular flexibility index (Phi) is 7.31. The first kappa shape index (κ1) is 35.1. The van der Waals surface area contributed by atoms with Crippen molar-refractivity contribution >= 4 is 78.9 Å². The van der Waals surface area contributed by atoms with Crippen LogP contribution in [0.4, 0.5) is 28.4 Å². The minimum absolute atomic E-state index is 0.000556. The molecule has 6 heteroatoms. The van der Waals surface area contributed by atoms with Crippen LogP contribution in [0.1, 0.15) is 26.3 Å². The van der Waals surface area contributed by atoms with Gasteiger partial charge in [-0.15, -0.1) is 0 Å². The van der Waals surface area contributed by atoms with Crippen molar-refractivity contribution in [2.75, 3.05) is 9.71 Å². The summed E-state index contributed by atoms with van der Waals surface area (Å²) in [6, 6.07) is 65.2. The van der Waals surface area contributed by atoms with Gasteiger partial charge in [0.05, 0.1) is 11.1 Å². The van der Waals surface area contributed by atoms with Crippen LogP contribution < -0.4 is 30.1 Å². The van der Waals surface area contributed by atoms with Crippen LogP contribution in [0.25, 0.3) is 55.0 Å². The molecule has 0 spiro atoms. The van der Waals surface area contributed by atoms with Crippen molar-refractivity contribution in [2.24, 2.45) is 0 Å². The molecule has 13 rings (SSSR count). The summed E-state index contributed by atoms with van der Waals surface area (Å²) in [4.78, 5) is 5.03. The summed E-state index contributed by atoms with van der Waals surface area (Å²) in [6.07, 6.45) is 0. The van der Waals surface area contributed by atoms with Crippen LogP contribution >= 0.6 is 0 Å². The van der Waals surface area contributed by atoms with Crippen molar-refractivity contribution in [1.29, 1.82) is 0 Å². The Morgan fingerprint density at radius 1 is 0.484 bits per heavy atom. The lowest BCUT2D eigenvalue weighted by atomic mass is 9.43. The maximum atomic E-state index is 6.87. The van der Waals surface area contributed by atoms with Crippen molar-refractivity contribution in [3.05, 3.63) is 188 Å². The molecule has 0 radical (unpaired) electrons. The standard InChI is InChI=1S/C56H39BN2O3/c1-56(2,3)37-24-28-39(29-25-37)59-54-40-16-8-7-15-36(40)23-30-41(54)43-31-51-52(42-17-9-10-18-46(42)60-51)55-53(43)57(59)44-32-49-50(62-48-20-12-11-19-47(48)61-49)33-45(44)58(55)38-26-21-35(22-27-38)34-13-5-4-6-14-34/h4-33H,1-3H3. The number of ether oxygens (including phenoxy) is 2. The van der Waals surface area contributed by atoms with Gasteiger partial charge in [-0.3, -0.25) is 0 Å². The zero-order valence-corrected chi connectivity index (χ0v) is 34.5. The van der Waals surface area contributed by atoms with Crippen LogP contribution in [0.5, 0.6) is 23.0 Å². The number of nitrogens with zero attached hydrogens (tertiary/aromatic N) is 2. The lowest BCUT2D eigenvalue weighted by molar-refractivity contribution is 0.360. The van der Waals surface area contributed by atoms with Gasteiger partial charge in [-0.05, 0) is 98.6 Å². The topological polar surface area (TPSA) is 38.1 Å². The van der Waals surface area contributed by atoms with Crippen LogP contribution in [0.15, 0.2) is 186 Å². The average Bonchev–Trinajstić information content (AvgIpc) is 3.69. The largest absolute Gasteiger partial charge is 0.456 e. The molecule has 0 fully saturated rings. The highest BCUT2D eigenvalue weighted by molar-refractivity contribution is 6.94. The number of hydrogen-bond acceptors (Lipinski definition) is 5. The molecular weight excluding hydrogens is 759 g/mol. The van der Waals surface area contributed by atoms with Crippen molar-refractivity contribution in [1.82, 2.24) is 0 Å². The normalized spacial score (nSPS) is 13.6. The molecule has 10 aromatic rings. The number of hydrogen-bond donors (Lipinski definition) is 0. The van der Waals surface area contributed by atoms with E-state index in [2.05, 4.69) is 188 Å². The average molecular weight is 799 g/mol. The Bertz CT molecular complexity index is 3460. The molecule has 0 N–H and O–H groups in total. The van der Waals surface area contributed by atoms with Gasteiger partial charge in [-0.2, -0.15) is 0 Å². The number of rotatable bonds is 3. The van der Waals surface area contributed by atoms with Crippen LogP contribution in [-0.2, 0) is 5.41 Å². The number of anilines is 5. The third kappa shape index (κ3) is 5.10. The first-order valence-electron chi connectivity index (χ1n) is 21.4. The molecule has 0 atom stereocenters. The Morgan fingerprint density at radius 2 is 1.13 bits per heavy atom. The second-order valence-corrected chi connectivity index (χ2v) is 17.7. The van der Waals surface area contributed by atoms with E-state index in [1.165, 1.54) is 27.4 Å². The van der Waals surface area contributed by atoms with Gasteiger partial charge in [0.15, 0.2) is 23.0 Å². The van der Waals surface area contributed by atoms with Gasteiger partial charge in [0.1, 0.15) is 11.2 Å². The summed E-state index contributed by atoms with van der Waals surface area (Å²) >= 11 is 0. The van der Waals surface area contributed by atoms with Gasteiger partial charge >= 0.3 is 6.85 Å². The lowest BCUT2D eigenvalue weighted by Crippen LogP contribution is -2.61. The summed E-state index contributed by atoms with van der Waals surface area (Å²) in [7, 11) is 0. The third-order valence-corrected chi connectivity index (χ3v) is 13.0. The van der Waals surface area contributed by atoms with Crippen LogP contribution in [0, 0.1) is 0 Å². The van der Waals surface area contributed by atoms with Gasteiger partial charge < -0.3 is 23.6 Å². The molecular formula is C56H39BN2O3. The predicted octanol–water partition coefficient (Wildman–Crippen LogP) is 14.3. The van der Waals surface area contributed by atoms with Gasteiger partial charge in [-0.1, -0.05) is 142 Å². The minimum Gasteiger partial charge on any atom is -0.456 e. The van der Waals surface area contributed by atoms with E-state index in [4.69, 9.17) is 13.9 Å². The van der Waals surface area contributed by atoms with Crippen LogP contribution in [0.3, 0.4) is 0 Å². The molecule has 0 saturated carbocycles. The van der Waals surface area contributed by atoms with E-state index in [-0.39, 0.29) is 12.3 Å². The molecule has 5 nitrogen and oxygen atoms in total. The van der Waals surface area contributed by atoms with E-state index in [0.29, 0.717) is 23.0 Å². The molecule has 4 heterocycles. The molecule has 0 amide bonds. The number of furan rings is 1. The quantitative estimate of drug-likeness (QED) is 0.166. The van der Waals surface area contributed by atoms with E-state index in [1.54, 1.807) is 0 Å². The molecule has 0 saturated heterocycles.